The van der Waals surface area contributed by atoms with Gasteiger partial charge in [0.15, 0.2) is 0 Å². The summed E-state index contributed by atoms with van der Waals surface area (Å²) < 4.78 is 0. The predicted octanol–water partition coefficient (Wildman–Crippen LogP) is 1.17. The Balaban J connectivity index is 2.19. The van der Waals surface area contributed by atoms with Crippen LogP contribution in [0.4, 0.5) is 0 Å². The molecular formula is C10H14N2O. The molecule has 0 radical (unpaired) electrons. The predicted molar refractivity (Wildman–Crippen MR) is 50.0 cm³/mol. The summed E-state index contributed by atoms with van der Waals surface area (Å²) in [4.78, 5) is 6.27. The molecule has 3 heteroatoms. The second-order valence-corrected chi connectivity index (χ2v) is 3.49. The van der Waals surface area contributed by atoms with Gasteiger partial charge in [0.05, 0.1) is 11.7 Å². The van der Waals surface area contributed by atoms with Gasteiger partial charge in [0.25, 0.3) is 0 Å². The highest BCUT2D eigenvalue weighted by molar-refractivity contribution is 5.10. The van der Waals surface area contributed by atoms with Crippen molar-refractivity contribution in [3.05, 3.63) is 30.1 Å². The van der Waals surface area contributed by atoms with Gasteiger partial charge in [-0.2, -0.15) is 0 Å². The first kappa shape index (κ1) is 8.66. The van der Waals surface area contributed by atoms with Crippen molar-refractivity contribution in [1.82, 2.24) is 9.88 Å². The Morgan fingerprint density at radius 1 is 1.46 bits per heavy atom. The van der Waals surface area contributed by atoms with Crippen LogP contribution in [-0.4, -0.2) is 28.3 Å². The highest BCUT2D eigenvalue weighted by Crippen LogP contribution is 2.31. The highest BCUT2D eigenvalue weighted by Gasteiger charge is 2.30. The van der Waals surface area contributed by atoms with Crippen LogP contribution in [0.15, 0.2) is 24.4 Å². The van der Waals surface area contributed by atoms with Gasteiger partial charge in [-0.1, -0.05) is 6.07 Å². The lowest BCUT2D eigenvalue weighted by Crippen LogP contribution is -2.27. The Bertz CT molecular complexity index is 276. The molecule has 2 rings (SSSR count). The van der Waals surface area contributed by atoms with Crippen molar-refractivity contribution in [1.29, 1.82) is 0 Å². The van der Waals surface area contributed by atoms with Crippen LogP contribution >= 0.6 is 0 Å². The van der Waals surface area contributed by atoms with Crippen molar-refractivity contribution >= 4 is 0 Å². The Kier molecular flexibility index (Phi) is 2.29. The Hall–Kier alpha value is -0.930. The van der Waals surface area contributed by atoms with E-state index in [1.165, 1.54) is 0 Å². The van der Waals surface area contributed by atoms with Crippen LogP contribution in [0.3, 0.4) is 0 Å². The zero-order valence-electron chi connectivity index (χ0n) is 7.72. The van der Waals surface area contributed by atoms with Crippen LogP contribution in [0.5, 0.6) is 0 Å². The normalized spacial score (nSPS) is 29.4. The third-order valence-electron chi connectivity index (χ3n) is 2.69. The molecule has 0 saturated carbocycles. The molecule has 0 aromatic carbocycles. The third-order valence-corrected chi connectivity index (χ3v) is 2.69. The monoisotopic (exact) mass is 178 g/mol. The largest absolute Gasteiger partial charge is 0.378 e. The van der Waals surface area contributed by atoms with Gasteiger partial charge >= 0.3 is 0 Å². The molecule has 0 bridgehead atoms. The quantitative estimate of drug-likeness (QED) is 0.701. The maximum absolute atomic E-state index is 9.53. The first-order valence-electron chi connectivity index (χ1n) is 4.60. The summed E-state index contributed by atoms with van der Waals surface area (Å²) in [7, 11) is 1.94. The van der Waals surface area contributed by atoms with E-state index in [2.05, 4.69) is 4.98 Å². The molecule has 1 aromatic rings. The zero-order chi connectivity index (χ0) is 9.26. The van der Waals surface area contributed by atoms with Gasteiger partial charge in [-0.05, 0) is 32.0 Å². The number of nitrogens with zero attached hydrogens (tertiary/aromatic N) is 2. The minimum Gasteiger partial charge on any atom is -0.378 e. The van der Waals surface area contributed by atoms with E-state index in [1.54, 1.807) is 6.20 Å². The molecule has 0 aliphatic carbocycles. The number of rotatable bonds is 1. The number of aromatic nitrogens is 1. The third kappa shape index (κ3) is 1.57. The average molecular weight is 178 g/mol. The summed E-state index contributed by atoms with van der Waals surface area (Å²) in [5.74, 6) is 0. The molecule has 2 heterocycles. The minimum absolute atomic E-state index is 0.288. The van der Waals surface area contributed by atoms with Gasteiger partial charge in [-0.3, -0.25) is 9.88 Å². The van der Waals surface area contributed by atoms with E-state index in [1.807, 2.05) is 30.1 Å². The fraction of sp³-hybridized carbons (Fsp3) is 0.500. The highest BCUT2D eigenvalue weighted by atomic mass is 16.3. The van der Waals surface area contributed by atoms with E-state index in [4.69, 9.17) is 0 Å². The summed E-state index contributed by atoms with van der Waals surface area (Å²) in [5.41, 5.74) is 1.06. The number of hydrogen-bond donors (Lipinski definition) is 1. The van der Waals surface area contributed by atoms with Crippen molar-refractivity contribution in [2.75, 3.05) is 7.05 Å². The summed E-state index contributed by atoms with van der Waals surface area (Å²) in [6.45, 7) is 0. The van der Waals surface area contributed by atoms with Crippen LogP contribution in [0.25, 0.3) is 0 Å². The van der Waals surface area contributed by atoms with Crippen LogP contribution in [0.2, 0.25) is 0 Å². The lowest BCUT2D eigenvalue weighted by molar-refractivity contribution is 0.0366. The van der Waals surface area contributed by atoms with E-state index in [0.29, 0.717) is 0 Å². The van der Waals surface area contributed by atoms with Crippen LogP contribution in [0, 0.1) is 0 Å². The van der Waals surface area contributed by atoms with E-state index in [9.17, 15) is 5.11 Å². The molecule has 0 amide bonds. The van der Waals surface area contributed by atoms with Crippen molar-refractivity contribution in [3.8, 4) is 0 Å². The maximum atomic E-state index is 9.53. The minimum atomic E-state index is -0.299. The fourth-order valence-corrected chi connectivity index (χ4v) is 1.85. The topological polar surface area (TPSA) is 36.4 Å². The maximum Gasteiger partial charge on any atom is 0.107 e. The molecule has 13 heavy (non-hydrogen) atoms. The van der Waals surface area contributed by atoms with Gasteiger partial charge in [0.1, 0.15) is 6.23 Å². The van der Waals surface area contributed by atoms with E-state index >= 15 is 0 Å². The number of aliphatic hydroxyl groups is 1. The summed E-state index contributed by atoms with van der Waals surface area (Å²) in [5, 5.41) is 9.53. The lowest BCUT2D eigenvalue weighted by atomic mass is 10.1. The number of aliphatic hydroxyl groups excluding tert-OH is 1. The molecule has 3 nitrogen and oxygen atoms in total. The lowest BCUT2D eigenvalue weighted by Gasteiger charge is -2.21. The standard InChI is InChI=1S/C10H14N2O/c1-12-9(5-6-10(12)13)8-4-2-3-7-11-8/h2-4,7,9-10,13H,5-6H2,1H3. The Labute approximate surface area is 78.0 Å². The van der Waals surface area contributed by atoms with Gasteiger partial charge in [0, 0.05) is 6.20 Å². The first-order valence-corrected chi connectivity index (χ1v) is 4.60. The molecule has 0 spiro atoms. The van der Waals surface area contributed by atoms with Crippen molar-refractivity contribution in [3.63, 3.8) is 0 Å². The first-order chi connectivity index (χ1) is 6.29. The van der Waals surface area contributed by atoms with Gasteiger partial charge < -0.3 is 5.11 Å². The number of hydrogen-bond acceptors (Lipinski definition) is 3. The smallest absolute Gasteiger partial charge is 0.107 e. The molecule has 1 fully saturated rings. The fourth-order valence-electron chi connectivity index (χ4n) is 1.85. The molecule has 1 aromatic heterocycles. The molecule has 1 saturated heterocycles. The van der Waals surface area contributed by atoms with E-state index in [0.717, 1.165) is 18.5 Å². The van der Waals surface area contributed by atoms with Crippen molar-refractivity contribution < 1.29 is 5.11 Å². The molecular weight excluding hydrogens is 164 g/mol. The molecule has 1 aliphatic heterocycles. The van der Waals surface area contributed by atoms with Crippen LogP contribution in [0.1, 0.15) is 24.6 Å². The van der Waals surface area contributed by atoms with Crippen LogP contribution in [-0.2, 0) is 0 Å². The number of pyridine rings is 1. The van der Waals surface area contributed by atoms with Crippen molar-refractivity contribution in [2.24, 2.45) is 0 Å². The number of likely N-dealkylation sites (tertiary alicyclic amines) is 1. The van der Waals surface area contributed by atoms with Gasteiger partial charge in [0.2, 0.25) is 0 Å². The second kappa shape index (κ2) is 3.44. The Morgan fingerprint density at radius 2 is 2.31 bits per heavy atom. The summed E-state index contributed by atoms with van der Waals surface area (Å²) in [6.07, 6.45) is 3.34. The Morgan fingerprint density at radius 3 is 2.85 bits per heavy atom. The molecule has 70 valence electrons. The second-order valence-electron chi connectivity index (χ2n) is 3.49. The molecule has 1 aliphatic rings. The zero-order valence-corrected chi connectivity index (χ0v) is 7.72. The molecule has 2 unspecified atom stereocenters. The van der Waals surface area contributed by atoms with Crippen molar-refractivity contribution in [2.45, 2.75) is 25.1 Å². The van der Waals surface area contributed by atoms with Crippen LogP contribution < -0.4 is 0 Å². The van der Waals surface area contributed by atoms with E-state index < -0.39 is 0 Å². The molecule has 2 atom stereocenters. The summed E-state index contributed by atoms with van der Waals surface area (Å²) in [6, 6.07) is 6.20. The van der Waals surface area contributed by atoms with Gasteiger partial charge in [-0.25, -0.2) is 0 Å². The SMILES string of the molecule is CN1C(O)CCC1c1ccccn1. The van der Waals surface area contributed by atoms with Gasteiger partial charge in [-0.15, -0.1) is 0 Å². The average Bonchev–Trinajstić information content (AvgIpc) is 2.49. The van der Waals surface area contributed by atoms with E-state index in [-0.39, 0.29) is 12.3 Å². The molecule has 1 N–H and O–H groups in total. The summed E-state index contributed by atoms with van der Waals surface area (Å²) >= 11 is 0.